The number of hydrogen-bond donors (Lipinski definition) is 1. The highest BCUT2D eigenvalue weighted by Crippen LogP contribution is 2.37. The molecule has 0 aliphatic carbocycles. The normalized spacial score (nSPS) is 10.7. The van der Waals surface area contributed by atoms with Crippen molar-refractivity contribution in [3.8, 4) is 11.5 Å². The largest absolute Gasteiger partial charge is 0.403 e. The molecule has 0 unspecified atom stereocenters. The van der Waals surface area contributed by atoms with E-state index in [1.54, 1.807) is 13.0 Å². The minimum Gasteiger partial charge on any atom is -0.403 e. The van der Waals surface area contributed by atoms with Gasteiger partial charge in [0.2, 0.25) is 0 Å². The van der Waals surface area contributed by atoms with Crippen LogP contribution in [0.1, 0.15) is 15.9 Å². The fourth-order valence-corrected chi connectivity index (χ4v) is 3.43. The first-order valence-electron chi connectivity index (χ1n) is 6.70. The number of carbonyl (C=O) groups is 1. The van der Waals surface area contributed by atoms with E-state index < -0.39 is 10.8 Å². The van der Waals surface area contributed by atoms with Crippen molar-refractivity contribution >= 4 is 52.1 Å². The summed E-state index contributed by atoms with van der Waals surface area (Å²) in [6, 6.07) is 5.53. The van der Waals surface area contributed by atoms with Gasteiger partial charge < -0.3 is 4.42 Å². The Kier molecular flexibility index (Phi) is 4.71. The van der Waals surface area contributed by atoms with Crippen LogP contribution in [-0.4, -0.2) is 21.0 Å². The number of nitrogens with one attached hydrogen (secondary N) is 1. The van der Waals surface area contributed by atoms with Crippen LogP contribution in [0.3, 0.4) is 0 Å². The van der Waals surface area contributed by atoms with Crippen LogP contribution in [0.5, 0.6) is 0 Å². The lowest BCUT2D eigenvalue weighted by molar-refractivity contribution is -0.385. The van der Waals surface area contributed by atoms with E-state index in [1.807, 2.05) is 0 Å². The minimum atomic E-state index is -0.618. The molecule has 128 valence electrons. The molecule has 2 aromatic heterocycles. The van der Waals surface area contributed by atoms with E-state index in [0.29, 0.717) is 19.8 Å². The molecule has 1 N–H and O–H groups in total. The molecule has 0 saturated heterocycles. The van der Waals surface area contributed by atoms with Crippen LogP contribution in [0, 0.1) is 17.0 Å². The predicted octanol–water partition coefficient (Wildman–Crippen LogP) is 4.57. The Balaban J connectivity index is 1.81. The van der Waals surface area contributed by atoms with Gasteiger partial charge in [0.05, 0.1) is 14.8 Å². The molecule has 0 spiro atoms. The second kappa shape index (κ2) is 6.79. The van der Waals surface area contributed by atoms with Crippen molar-refractivity contribution in [2.45, 2.75) is 6.92 Å². The van der Waals surface area contributed by atoms with E-state index >= 15 is 0 Å². The van der Waals surface area contributed by atoms with Gasteiger partial charge in [0.1, 0.15) is 4.34 Å². The number of nitro benzene ring substituents is 1. The number of anilines is 1. The number of rotatable bonds is 4. The summed E-state index contributed by atoms with van der Waals surface area (Å²) in [7, 11) is 0. The maximum atomic E-state index is 12.2. The summed E-state index contributed by atoms with van der Waals surface area (Å²) in [6.07, 6.45) is 0. The van der Waals surface area contributed by atoms with Gasteiger partial charge >= 0.3 is 6.01 Å². The van der Waals surface area contributed by atoms with Crippen molar-refractivity contribution in [1.82, 2.24) is 10.2 Å². The summed E-state index contributed by atoms with van der Waals surface area (Å²) in [6.45, 7) is 1.58. The van der Waals surface area contributed by atoms with Gasteiger partial charge in [0, 0.05) is 17.2 Å². The number of nitro groups is 1. The predicted molar refractivity (Wildman–Crippen MR) is 93.4 cm³/mol. The van der Waals surface area contributed by atoms with Gasteiger partial charge in [0.15, 0.2) is 0 Å². The lowest BCUT2D eigenvalue weighted by Crippen LogP contribution is -2.12. The van der Waals surface area contributed by atoms with Crippen molar-refractivity contribution in [3.05, 3.63) is 54.2 Å². The summed E-state index contributed by atoms with van der Waals surface area (Å²) in [5.74, 6) is -0.522. The average molecular weight is 399 g/mol. The number of hydrogen-bond acceptors (Lipinski definition) is 7. The zero-order chi connectivity index (χ0) is 18.1. The number of halogens is 2. The monoisotopic (exact) mass is 398 g/mol. The molecule has 0 atom stereocenters. The van der Waals surface area contributed by atoms with Crippen LogP contribution in [0.25, 0.3) is 11.5 Å². The second-order valence-electron chi connectivity index (χ2n) is 4.86. The zero-order valence-corrected chi connectivity index (χ0v) is 14.8. The molecule has 11 heteroatoms. The summed E-state index contributed by atoms with van der Waals surface area (Å²) >= 11 is 13.0. The molecule has 3 rings (SSSR count). The van der Waals surface area contributed by atoms with E-state index in [0.717, 1.165) is 11.3 Å². The highest BCUT2D eigenvalue weighted by atomic mass is 35.5. The average Bonchev–Trinajstić information content (AvgIpc) is 3.13. The fraction of sp³-hybridized carbons (Fsp3) is 0.0714. The molecular weight excluding hydrogens is 391 g/mol. The first-order chi connectivity index (χ1) is 11.8. The van der Waals surface area contributed by atoms with Gasteiger partial charge in [0.25, 0.3) is 17.5 Å². The SMILES string of the molecule is Cc1ccc(C(=O)Nc2nnc(-c3cc(Cl)sc3Cl)o2)cc1[N+](=O)[O-]. The summed E-state index contributed by atoms with van der Waals surface area (Å²) in [5.41, 5.74) is 0.841. The van der Waals surface area contributed by atoms with E-state index in [2.05, 4.69) is 15.5 Å². The molecule has 0 fully saturated rings. The Hall–Kier alpha value is -2.49. The van der Waals surface area contributed by atoms with Crippen molar-refractivity contribution < 1.29 is 14.1 Å². The van der Waals surface area contributed by atoms with E-state index in [1.165, 1.54) is 18.2 Å². The van der Waals surface area contributed by atoms with Crippen LogP contribution in [0.2, 0.25) is 8.67 Å². The third kappa shape index (κ3) is 3.63. The van der Waals surface area contributed by atoms with Crippen molar-refractivity contribution in [2.24, 2.45) is 0 Å². The smallest absolute Gasteiger partial charge is 0.322 e. The second-order valence-corrected chi connectivity index (χ2v) is 7.15. The number of nitrogens with zero attached hydrogens (tertiary/aromatic N) is 3. The summed E-state index contributed by atoms with van der Waals surface area (Å²) in [5, 5.41) is 20.8. The van der Waals surface area contributed by atoms with Gasteiger partial charge in [-0.1, -0.05) is 34.4 Å². The van der Waals surface area contributed by atoms with Gasteiger partial charge in [-0.05, 0) is 19.1 Å². The van der Waals surface area contributed by atoms with Gasteiger partial charge in [-0.25, -0.2) is 0 Å². The zero-order valence-electron chi connectivity index (χ0n) is 12.4. The Labute approximate surface area is 154 Å². The van der Waals surface area contributed by atoms with Crippen molar-refractivity contribution in [1.29, 1.82) is 0 Å². The number of carbonyl (C=O) groups excluding carboxylic acids is 1. The fourth-order valence-electron chi connectivity index (χ4n) is 1.99. The highest BCUT2D eigenvalue weighted by Gasteiger charge is 2.19. The van der Waals surface area contributed by atoms with E-state index in [4.69, 9.17) is 27.6 Å². The number of aryl methyl sites for hydroxylation is 1. The topological polar surface area (TPSA) is 111 Å². The van der Waals surface area contributed by atoms with Crippen LogP contribution in [0.15, 0.2) is 28.7 Å². The Bertz CT molecular complexity index is 985. The molecule has 0 aliphatic rings. The third-order valence-electron chi connectivity index (χ3n) is 3.20. The highest BCUT2D eigenvalue weighted by molar-refractivity contribution is 7.20. The van der Waals surface area contributed by atoms with Crippen LogP contribution in [0.4, 0.5) is 11.7 Å². The first-order valence-corrected chi connectivity index (χ1v) is 8.27. The molecule has 0 aliphatic heterocycles. The molecule has 3 aromatic rings. The lowest BCUT2D eigenvalue weighted by atomic mass is 10.1. The van der Waals surface area contributed by atoms with Crippen molar-refractivity contribution in [3.63, 3.8) is 0 Å². The standard InChI is InChI=1S/C14H8Cl2N4O4S/c1-6-2-3-7(4-9(6)20(22)23)12(21)17-14-19-18-13(24-14)8-5-10(15)25-11(8)16/h2-5H,1H3,(H,17,19,21). The molecule has 8 nitrogen and oxygen atoms in total. The Morgan fingerprint density at radius 2 is 2.08 bits per heavy atom. The minimum absolute atomic E-state index is 0.0914. The molecule has 2 heterocycles. The molecule has 0 bridgehead atoms. The Morgan fingerprint density at radius 3 is 2.72 bits per heavy atom. The van der Waals surface area contributed by atoms with E-state index in [-0.39, 0.29) is 23.2 Å². The molecule has 0 saturated carbocycles. The number of benzene rings is 1. The van der Waals surface area contributed by atoms with Crippen LogP contribution < -0.4 is 5.32 Å². The molecule has 1 aromatic carbocycles. The number of thiophene rings is 1. The lowest BCUT2D eigenvalue weighted by Gasteiger charge is -2.02. The van der Waals surface area contributed by atoms with Crippen LogP contribution in [-0.2, 0) is 0 Å². The van der Waals surface area contributed by atoms with Gasteiger partial charge in [-0.15, -0.1) is 16.4 Å². The quantitative estimate of drug-likeness (QED) is 0.508. The Morgan fingerprint density at radius 1 is 1.32 bits per heavy atom. The maximum Gasteiger partial charge on any atom is 0.322 e. The molecule has 1 amide bonds. The number of aromatic nitrogens is 2. The van der Waals surface area contributed by atoms with E-state index in [9.17, 15) is 14.9 Å². The molecule has 0 radical (unpaired) electrons. The van der Waals surface area contributed by atoms with Gasteiger partial charge in [-0.3, -0.25) is 20.2 Å². The van der Waals surface area contributed by atoms with Crippen molar-refractivity contribution in [2.75, 3.05) is 5.32 Å². The van der Waals surface area contributed by atoms with Gasteiger partial charge in [-0.2, -0.15) is 0 Å². The first kappa shape index (κ1) is 17.3. The molecule has 25 heavy (non-hydrogen) atoms. The summed E-state index contributed by atoms with van der Waals surface area (Å²) < 4.78 is 6.16. The third-order valence-corrected chi connectivity index (χ3v) is 4.69. The molecular formula is C14H8Cl2N4O4S. The maximum absolute atomic E-state index is 12.2. The number of amides is 1. The summed E-state index contributed by atoms with van der Waals surface area (Å²) in [4.78, 5) is 22.6. The van der Waals surface area contributed by atoms with Crippen LogP contribution >= 0.6 is 34.5 Å².